The Morgan fingerprint density at radius 1 is 1.06 bits per heavy atom. The fourth-order valence-corrected chi connectivity index (χ4v) is 2.28. The van der Waals surface area contributed by atoms with Crippen molar-refractivity contribution >= 4 is 5.69 Å². The van der Waals surface area contributed by atoms with Crippen LogP contribution < -0.4 is 5.32 Å². The van der Waals surface area contributed by atoms with E-state index in [4.69, 9.17) is 0 Å². The molecule has 0 bridgehead atoms. The van der Waals surface area contributed by atoms with Gasteiger partial charge in [-0.05, 0) is 23.6 Å². The standard InChI is InChI=1S/C14H11F2N/c15-11-6-10-7-13(9-4-2-1-3-5-9)17-14(10)12(16)8-11/h1-6,8,13,17H,7H2. The van der Waals surface area contributed by atoms with E-state index in [-0.39, 0.29) is 6.04 Å². The predicted molar refractivity (Wildman–Crippen MR) is 62.9 cm³/mol. The average Bonchev–Trinajstić information content (AvgIpc) is 2.74. The van der Waals surface area contributed by atoms with Crippen molar-refractivity contribution in [2.24, 2.45) is 0 Å². The number of benzene rings is 2. The SMILES string of the molecule is Fc1cc(F)c2c(c1)CC(c1ccccc1)N2. The third-order valence-corrected chi connectivity index (χ3v) is 3.08. The highest BCUT2D eigenvalue weighted by molar-refractivity contribution is 5.59. The molecule has 0 saturated heterocycles. The lowest BCUT2D eigenvalue weighted by molar-refractivity contribution is 0.585. The van der Waals surface area contributed by atoms with Gasteiger partial charge in [-0.3, -0.25) is 0 Å². The molecule has 1 nitrogen and oxygen atoms in total. The van der Waals surface area contributed by atoms with Crippen LogP contribution in [0.1, 0.15) is 17.2 Å². The van der Waals surface area contributed by atoms with Crippen LogP contribution in [0.3, 0.4) is 0 Å². The highest BCUT2D eigenvalue weighted by atomic mass is 19.1. The number of hydrogen-bond acceptors (Lipinski definition) is 1. The number of fused-ring (bicyclic) bond motifs is 1. The van der Waals surface area contributed by atoms with E-state index < -0.39 is 11.6 Å². The Morgan fingerprint density at radius 3 is 2.59 bits per heavy atom. The molecule has 0 saturated carbocycles. The maximum Gasteiger partial charge on any atom is 0.149 e. The van der Waals surface area contributed by atoms with Crippen LogP contribution in [0.15, 0.2) is 42.5 Å². The van der Waals surface area contributed by atoms with Gasteiger partial charge in [-0.25, -0.2) is 8.78 Å². The van der Waals surface area contributed by atoms with Crippen molar-refractivity contribution < 1.29 is 8.78 Å². The van der Waals surface area contributed by atoms with Crippen LogP contribution in [0.2, 0.25) is 0 Å². The Kier molecular flexibility index (Phi) is 2.32. The number of nitrogens with one attached hydrogen (secondary N) is 1. The Balaban J connectivity index is 1.96. The molecule has 0 amide bonds. The quantitative estimate of drug-likeness (QED) is 0.789. The van der Waals surface area contributed by atoms with Gasteiger partial charge in [0, 0.05) is 6.07 Å². The van der Waals surface area contributed by atoms with Crippen molar-refractivity contribution in [2.45, 2.75) is 12.5 Å². The maximum absolute atomic E-state index is 13.5. The molecule has 1 aliphatic heterocycles. The largest absolute Gasteiger partial charge is 0.375 e. The van der Waals surface area contributed by atoms with Crippen molar-refractivity contribution in [1.82, 2.24) is 0 Å². The summed E-state index contributed by atoms with van der Waals surface area (Å²) < 4.78 is 26.6. The lowest BCUT2D eigenvalue weighted by atomic mass is 10.0. The Morgan fingerprint density at radius 2 is 1.82 bits per heavy atom. The van der Waals surface area contributed by atoms with Gasteiger partial charge in [0.05, 0.1) is 11.7 Å². The van der Waals surface area contributed by atoms with Crippen LogP contribution in [-0.4, -0.2) is 0 Å². The average molecular weight is 231 g/mol. The third kappa shape index (κ3) is 1.78. The molecule has 1 aliphatic rings. The summed E-state index contributed by atoms with van der Waals surface area (Å²) in [7, 11) is 0. The molecule has 1 heterocycles. The van der Waals surface area contributed by atoms with Crippen molar-refractivity contribution in [3.63, 3.8) is 0 Å². The molecule has 86 valence electrons. The molecule has 0 spiro atoms. The van der Waals surface area contributed by atoms with Crippen molar-refractivity contribution in [3.05, 3.63) is 65.2 Å². The molecular formula is C14H11F2N. The van der Waals surface area contributed by atoms with Gasteiger partial charge >= 0.3 is 0 Å². The molecule has 0 aromatic heterocycles. The van der Waals surface area contributed by atoms with Gasteiger partial charge in [0.15, 0.2) is 0 Å². The van der Waals surface area contributed by atoms with Gasteiger partial charge in [-0.2, -0.15) is 0 Å². The van der Waals surface area contributed by atoms with E-state index in [9.17, 15) is 8.78 Å². The molecule has 3 heteroatoms. The van der Waals surface area contributed by atoms with Gasteiger partial charge in [0.25, 0.3) is 0 Å². The molecule has 0 radical (unpaired) electrons. The first kappa shape index (κ1) is 10.3. The van der Waals surface area contributed by atoms with E-state index in [1.807, 2.05) is 30.3 Å². The van der Waals surface area contributed by atoms with Crippen molar-refractivity contribution in [2.75, 3.05) is 5.32 Å². The molecule has 0 fully saturated rings. The fraction of sp³-hybridized carbons (Fsp3) is 0.143. The molecule has 2 aromatic rings. The van der Waals surface area contributed by atoms with Crippen molar-refractivity contribution in [3.8, 4) is 0 Å². The second-order valence-corrected chi connectivity index (χ2v) is 4.23. The number of rotatable bonds is 1. The van der Waals surface area contributed by atoms with Crippen LogP contribution in [0.25, 0.3) is 0 Å². The zero-order valence-corrected chi connectivity index (χ0v) is 9.08. The van der Waals surface area contributed by atoms with E-state index >= 15 is 0 Å². The second kappa shape index (κ2) is 3.84. The molecule has 1 N–H and O–H groups in total. The third-order valence-electron chi connectivity index (χ3n) is 3.08. The second-order valence-electron chi connectivity index (χ2n) is 4.23. The van der Waals surface area contributed by atoms with E-state index in [1.54, 1.807) is 0 Å². The van der Waals surface area contributed by atoms with E-state index in [1.165, 1.54) is 6.07 Å². The topological polar surface area (TPSA) is 12.0 Å². The normalized spacial score (nSPS) is 17.6. The van der Waals surface area contributed by atoms with Crippen LogP contribution >= 0.6 is 0 Å². The summed E-state index contributed by atoms with van der Waals surface area (Å²) >= 11 is 0. The van der Waals surface area contributed by atoms with Gasteiger partial charge in [-0.15, -0.1) is 0 Å². The van der Waals surface area contributed by atoms with Crippen LogP contribution in [-0.2, 0) is 6.42 Å². The summed E-state index contributed by atoms with van der Waals surface area (Å²) in [6.45, 7) is 0. The molecule has 2 aromatic carbocycles. The summed E-state index contributed by atoms with van der Waals surface area (Å²) in [4.78, 5) is 0. The summed E-state index contributed by atoms with van der Waals surface area (Å²) in [5.74, 6) is -1.03. The number of hydrogen-bond donors (Lipinski definition) is 1. The predicted octanol–water partition coefficient (Wildman–Crippen LogP) is 3.67. The minimum atomic E-state index is -0.517. The molecule has 3 rings (SSSR count). The first-order valence-electron chi connectivity index (χ1n) is 5.53. The van der Waals surface area contributed by atoms with Gasteiger partial charge in [-0.1, -0.05) is 30.3 Å². The summed E-state index contributed by atoms with van der Waals surface area (Å²) in [5, 5.41) is 3.10. The lowest BCUT2D eigenvalue weighted by Gasteiger charge is -2.11. The number of halogens is 2. The fourth-order valence-electron chi connectivity index (χ4n) is 2.28. The van der Waals surface area contributed by atoms with Gasteiger partial charge < -0.3 is 5.32 Å². The summed E-state index contributed by atoms with van der Waals surface area (Å²) in [5.41, 5.74) is 2.22. The van der Waals surface area contributed by atoms with Gasteiger partial charge in [0.1, 0.15) is 11.6 Å². The lowest BCUT2D eigenvalue weighted by Crippen LogP contribution is -2.05. The summed E-state index contributed by atoms with van der Waals surface area (Å²) in [6.07, 6.45) is 0.619. The van der Waals surface area contributed by atoms with Crippen LogP contribution in [0, 0.1) is 11.6 Å². The highest BCUT2D eigenvalue weighted by Gasteiger charge is 2.25. The smallest absolute Gasteiger partial charge is 0.149 e. The summed E-state index contributed by atoms with van der Waals surface area (Å²) in [6, 6.07) is 12.1. The molecule has 1 unspecified atom stereocenters. The first-order valence-corrected chi connectivity index (χ1v) is 5.53. The first-order chi connectivity index (χ1) is 8.24. The van der Waals surface area contributed by atoms with Crippen molar-refractivity contribution in [1.29, 1.82) is 0 Å². The zero-order chi connectivity index (χ0) is 11.8. The van der Waals surface area contributed by atoms with E-state index in [0.29, 0.717) is 17.7 Å². The maximum atomic E-state index is 13.5. The van der Waals surface area contributed by atoms with Crippen LogP contribution in [0.4, 0.5) is 14.5 Å². The molecular weight excluding hydrogens is 220 g/mol. The van der Waals surface area contributed by atoms with E-state index in [2.05, 4.69) is 5.32 Å². The Hall–Kier alpha value is -1.90. The van der Waals surface area contributed by atoms with E-state index in [0.717, 1.165) is 11.6 Å². The molecule has 0 aliphatic carbocycles. The molecule has 1 atom stereocenters. The van der Waals surface area contributed by atoms with Gasteiger partial charge in [0.2, 0.25) is 0 Å². The minimum absolute atomic E-state index is 0.0301. The van der Waals surface area contributed by atoms with Crippen LogP contribution in [0.5, 0.6) is 0 Å². The minimum Gasteiger partial charge on any atom is -0.375 e. The Bertz CT molecular complexity index is 552. The highest BCUT2D eigenvalue weighted by Crippen LogP contribution is 2.36. The molecule has 17 heavy (non-hydrogen) atoms. The number of anilines is 1. The Labute approximate surface area is 98.1 Å². The monoisotopic (exact) mass is 231 g/mol. The zero-order valence-electron chi connectivity index (χ0n) is 9.08.